The highest BCUT2D eigenvalue weighted by Crippen LogP contribution is 2.26. The Hall–Kier alpha value is -4.35. The number of phenolic OH excluding ortho intramolecular Hbond substituents is 1. The van der Waals surface area contributed by atoms with Gasteiger partial charge in [-0.05, 0) is 72.8 Å². The molecule has 0 bridgehead atoms. The van der Waals surface area contributed by atoms with E-state index in [1.54, 1.807) is 0 Å². The lowest BCUT2D eigenvalue weighted by Gasteiger charge is -2.11. The van der Waals surface area contributed by atoms with Crippen LogP contribution in [0.25, 0.3) is 6.08 Å². The van der Waals surface area contributed by atoms with E-state index in [9.17, 15) is 24.3 Å². The van der Waals surface area contributed by atoms with Crippen molar-refractivity contribution >= 4 is 40.9 Å². The molecule has 166 valence electrons. The molecule has 0 fully saturated rings. The van der Waals surface area contributed by atoms with E-state index in [1.807, 2.05) is 6.07 Å². The molecule has 3 aromatic carbocycles. The number of aromatic hydroxyl groups is 1. The summed E-state index contributed by atoms with van der Waals surface area (Å²) in [6, 6.07) is 17.4. The zero-order valence-corrected chi connectivity index (χ0v) is 17.8. The van der Waals surface area contributed by atoms with E-state index in [2.05, 4.69) is 10.6 Å². The Morgan fingerprint density at radius 2 is 1.67 bits per heavy atom. The first-order valence-corrected chi connectivity index (χ1v) is 9.92. The minimum atomic E-state index is -0.678. The number of nitrogens with one attached hydrogen (secondary N) is 2. The van der Waals surface area contributed by atoms with Gasteiger partial charge < -0.3 is 20.5 Å². The molecule has 0 aliphatic heterocycles. The van der Waals surface area contributed by atoms with Crippen LogP contribution in [0.15, 0.2) is 72.3 Å². The molecule has 0 aliphatic rings. The summed E-state index contributed by atoms with van der Waals surface area (Å²) < 4.78 is 18.5. The molecule has 0 aliphatic carbocycles. The second-order valence-corrected chi connectivity index (χ2v) is 7.13. The van der Waals surface area contributed by atoms with Gasteiger partial charge in [-0.3, -0.25) is 9.59 Å². The third-order valence-corrected chi connectivity index (χ3v) is 4.48. The van der Waals surface area contributed by atoms with Gasteiger partial charge in [0.2, 0.25) is 0 Å². The third-order valence-electron chi connectivity index (χ3n) is 4.25. The Kier molecular flexibility index (Phi) is 7.63. The molecule has 2 amide bonds. The number of benzene rings is 3. The molecule has 0 aromatic heterocycles. The fourth-order valence-corrected chi connectivity index (χ4v) is 2.86. The smallest absolute Gasteiger partial charge is 0.266 e. The summed E-state index contributed by atoms with van der Waals surface area (Å²) in [5, 5.41) is 24.2. The molecule has 0 saturated heterocycles. The van der Waals surface area contributed by atoms with Gasteiger partial charge in [0.15, 0.2) is 6.61 Å². The number of ether oxygens (including phenoxy) is 1. The Balaban J connectivity index is 1.73. The number of anilines is 2. The molecule has 0 atom stereocenters. The summed E-state index contributed by atoms with van der Waals surface area (Å²) in [5.41, 5.74) is 0.873. The zero-order valence-electron chi connectivity index (χ0n) is 17.0. The van der Waals surface area contributed by atoms with Crippen LogP contribution in [0.2, 0.25) is 5.02 Å². The van der Waals surface area contributed by atoms with Gasteiger partial charge in [-0.1, -0.05) is 11.6 Å². The van der Waals surface area contributed by atoms with Crippen molar-refractivity contribution in [2.45, 2.75) is 0 Å². The number of halogens is 2. The predicted molar refractivity (Wildman–Crippen MR) is 122 cm³/mol. The monoisotopic (exact) mass is 465 g/mol. The van der Waals surface area contributed by atoms with E-state index in [4.69, 9.17) is 16.3 Å². The number of hydrogen-bond donors (Lipinski definition) is 3. The molecule has 0 unspecified atom stereocenters. The second kappa shape index (κ2) is 10.8. The first-order chi connectivity index (χ1) is 15.8. The molecule has 7 nitrogen and oxygen atoms in total. The summed E-state index contributed by atoms with van der Waals surface area (Å²) in [6.07, 6.45) is 1.29. The van der Waals surface area contributed by atoms with E-state index >= 15 is 0 Å². The van der Waals surface area contributed by atoms with Crippen LogP contribution in [0.3, 0.4) is 0 Å². The van der Waals surface area contributed by atoms with Crippen LogP contribution in [-0.2, 0) is 9.59 Å². The average Bonchev–Trinajstić information content (AvgIpc) is 2.79. The standard InChI is InChI=1S/C24H17ClFN3O4/c25-17-1-10-22(33-14-23(31)28-19-4-2-18(26)3-5-19)15(12-17)11-16(13-27)24(32)29-20-6-8-21(30)9-7-20/h1-12,30H,14H2,(H,28,31)(H,29,32). The summed E-state index contributed by atoms with van der Waals surface area (Å²) in [5.74, 6) is -1.34. The van der Waals surface area contributed by atoms with Gasteiger partial charge in [-0.25, -0.2) is 4.39 Å². The van der Waals surface area contributed by atoms with Crippen LogP contribution in [0, 0.1) is 17.1 Å². The van der Waals surface area contributed by atoms with Crippen molar-refractivity contribution in [3.05, 3.63) is 88.7 Å². The van der Waals surface area contributed by atoms with Crippen LogP contribution in [0.4, 0.5) is 15.8 Å². The van der Waals surface area contributed by atoms with Crippen molar-refractivity contribution in [1.29, 1.82) is 5.26 Å². The molecule has 9 heteroatoms. The summed E-state index contributed by atoms with van der Waals surface area (Å²) in [7, 11) is 0. The highest BCUT2D eigenvalue weighted by molar-refractivity contribution is 6.30. The van der Waals surface area contributed by atoms with Crippen molar-refractivity contribution in [3.8, 4) is 17.6 Å². The molecule has 3 N–H and O–H groups in total. The minimum absolute atomic E-state index is 0.0354. The Bertz CT molecular complexity index is 1240. The van der Waals surface area contributed by atoms with Gasteiger partial charge in [0.25, 0.3) is 11.8 Å². The number of carbonyl (C=O) groups is 2. The Morgan fingerprint density at radius 3 is 2.33 bits per heavy atom. The average molecular weight is 466 g/mol. The van der Waals surface area contributed by atoms with Crippen LogP contribution in [0.1, 0.15) is 5.56 Å². The first-order valence-electron chi connectivity index (χ1n) is 9.54. The number of phenols is 1. The van der Waals surface area contributed by atoms with Crippen molar-refractivity contribution in [2.75, 3.05) is 17.2 Å². The van der Waals surface area contributed by atoms with Gasteiger partial charge in [-0.2, -0.15) is 5.26 Å². The van der Waals surface area contributed by atoms with E-state index in [-0.39, 0.29) is 23.7 Å². The lowest BCUT2D eigenvalue weighted by atomic mass is 10.1. The number of carbonyl (C=O) groups excluding carboxylic acids is 2. The predicted octanol–water partition coefficient (Wildman–Crippen LogP) is 4.75. The molecule has 0 spiro atoms. The number of hydrogen-bond acceptors (Lipinski definition) is 5. The van der Waals surface area contributed by atoms with E-state index in [0.29, 0.717) is 22.0 Å². The molecule has 0 saturated carbocycles. The molecular weight excluding hydrogens is 449 g/mol. The van der Waals surface area contributed by atoms with Crippen molar-refractivity contribution < 1.29 is 23.8 Å². The maximum absolute atomic E-state index is 13.0. The zero-order chi connectivity index (χ0) is 23.8. The Morgan fingerprint density at radius 1 is 1.03 bits per heavy atom. The van der Waals surface area contributed by atoms with E-state index in [0.717, 1.165) is 0 Å². The summed E-state index contributed by atoms with van der Waals surface area (Å²) >= 11 is 6.05. The lowest BCUT2D eigenvalue weighted by molar-refractivity contribution is -0.118. The highest BCUT2D eigenvalue weighted by atomic mass is 35.5. The molecule has 0 heterocycles. The number of amides is 2. The first kappa shape index (κ1) is 23.3. The van der Waals surface area contributed by atoms with Gasteiger partial charge in [0.1, 0.15) is 29.0 Å². The summed E-state index contributed by atoms with van der Waals surface area (Å²) in [4.78, 5) is 24.7. The van der Waals surface area contributed by atoms with Gasteiger partial charge in [0, 0.05) is 22.0 Å². The van der Waals surface area contributed by atoms with Gasteiger partial charge >= 0.3 is 0 Å². The van der Waals surface area contributed by atoms with E-state index in [1.165, 1.54) is 72.8 Å². The maximum atomic E-state index is 13.0. The largest absolute Gasteiger partial charge is 0.508 e. The van der Waals surface area contributed by atoms with Crippen molar-refractivity contribution in [2.24, 2.45) is 0 Å². The molecule has 33 heavy (non-hydrogen) atoms. The Labute approximate surface area is 193 Å². The SMILES string of the molecule is N#CC(=Cc1cc(Cl)ccc1OCC(=O)Nc1ccc(F)cc1)C(=O)Nc1ccc(O)cc1. The topological polar surface area (TPSA) is 111 Å². The number of rotatable bonds is 7. The highest BCUT2D eigenvalue weighted by Gasteiger charge is 2.13. The molecular formula is C24H17ClFN3O4. The van der Waals surface area contributed by atoms with Crippen molar-refractivity contribution in [1.82, 2.24) is 0 Å². The second-order valence-electron chi connectivity index (χ2n) is 6.70. The van der Waals surface area contributed by atoms with Crippen molar-refractivity contribution in [3.63, 3.8) is 0 Å². The van der Waals surface area contributed by atoms with Gasteiger partial charge in [0.05, 0.1) is 0 Å². The molecule has 3 rings (SSSR count). The van der Waals surface area contributed by atoms with Crippen LogP contribution in [0.5, 0.6) is 11.5 Å². The normalized spacial score (nSPS) is 10.8. The fraction of sp³-hybridized carbons (Fsp3) is 0.0417. The molecule has 3 aromatic rings. The third kappa shape index (κ3) is 6.82. The number of nitrogens with zero attached hydrogens (tertiary/aromatic N) is 1. The molecule has 0 radical (unpaired) electrons. The summed E-state index contributed by atoms with van der Waals surface area (Å²) in [6.45, 7) is -0.374. The van der Waals surface area contributed by atoms with Crippen LogP contribution < -0.4 is 15.4 Å². The quantitative estimate of drug-likeness (QED) is 0.265. The number of nitriles is 1. The lowest BCUT2D eigenvalue weighted by Crippen LogP contribution is -2.20. The van der Waals surface area contributed by atoms with Gasteiger partial charge in [-0.15, -0.1) is 0 Å². The minimum Gasteiger partial charge on any atom is -0.508 e. The van der Waals surface area contributed by atoms with Crippen LogP contribution in [-0.4, -0.2) is 23.5 Å². The maximum Gasteiger partial charge on any atom is 0.266 e. The van der Waals surface area contributed by atoms with Crippen LogP contribution >= 0.6 is 11.6 Å². The fourth-order valence-electron chi connectivity index (χ4n) is 2.68. The van der Waals surface area contributed by atoms with E-state index < -0.39 is 17.6 Å².